The van der Waals surface area contributed by atoms with Crippen LogP contribution in [0, 0.1) is 46.3 Å². The minimum Gasteiger partial charge on any atom is -0.393 e. The van der Waals surface area contributed by atoms with E-state index in [-0.39, 0.29) is 17.6 Å². The van der Waals surface area contributed by atoms with Crippen molar-refractivity contribution in [1.29, 1.82) is 0 Å². The van der Waals surface area contributed by atoms with Crippen molar-refractivity contribution in [3.05, 3.63) is 60.4 Å². The number of fused-ring (bicyclic) bond motifs is 6. The summed E-state index contributed by atoms with van der Waals surface area (Å²) in [6, 6.07) is 18.9. The molecule has 0 amide bonds. The molecule has 4 nitrogen and oxygen atoms in total. The van der Waals surface area contributed by atoms with Crippen LogP contribution >= 0.6 is 0 Å². The van der Waals surface area contributed by atoms with Gasteiger partial charge in [-0.05, 0) is 110 Å². The molecule has 1 unspecified atom stereocenters. The van der Waals surface area contributed by atoms with Crippen molar-refractivity contribution in [1.82, 2.24) is 9.97 Å². The molecule has 2 aromatic carbocycles. The first kappa shape index (κ1) is 27.5. The van der Waals surface area contributed by atoms with E-state index in [1.165, 1.54) is 25.7 Å². The summed E-state index contributed by atoms with van der Waals surface area (Å²) in [4.78, 5) is 10.1. The van der Waals surface area contributed by atoms with E-state index in [4.69, 9.17) is 9.97 Å². The summed E-state index contributed by atoms with van der Waals surface area (Å²) in [5.74, 6) is 4.39. The van der Waals surface area contributed by atoms with E-state index in [2.05, 4.69) is 75.4 Å². The first-order valence-corrected chi connectivity index (χ1v) is 16.4. The zero-order valence-corrected chi connectivity index (χ0v) is 25.2. The molecule has 0 saturated heterocycles. The quantitative estimate of drug-likeness (QED) is 0.338. The van der Waals surface area contributed by atoms with Crippen LogP contribution in [0.4, 0.5) is 0 Å². The molecule has 0 spiro atoms. The van der Waals surface area contributed by atoms with E-state index in [0.717, 1.165) is 66.5 Å². The molecule has 10 atom stereocenters. The Hall–Kier alpha value is -2.30. The molecule has 7 rings (SSSR count). The molecule has 2 N–H and O–H groups in total. The molecular formula is C37H48N2O2. The molecule has 0 radical (unpaired) electrons. The molecule has 3 aromatic rings. The maximum atomic E-state index is 11.6. The fourth-order valence-corrected chi connectivity index (χ4v) is 10.8. The minimum atomic E-state index is -0.204. The number of hydrogen-bond acceptors (Lipinski definition) is 4. The number of benzene rings is 2. The second-order valence-electron chi connectivity index (χ2n) is 14.8. The minimum absolute atomic E-state index is 0.169. The molecule has 218 valence electrons. The van der Waals surface area contributed by atoms with Crippen molar-refractivity contribution in [2.45, 2.75) is 97.2 Å². The topological polar surface area (TPSA) is 66.2 Å². The summed E-state index contributed by atoms with van der Waals surface area (Å²) in [6.07, 6.45) is 10.6. The molecule has 4 aliphatic rings. The third kappa shape index (κ3) is 4.56. The van der Waals surface area contributed by atoms with Crippen LogP contribution in [0.3, 0.4) is 0 Å². The van der Waals surface area contributed by atoms with E-state index >= 15 is 0 Å². The lowest BCUT2D eigenvalue weighted by Crippen LogP contribution is -2.58. The Labute approximate surface area is 246 Å². The van der Waals surface area contributed by atoms with Crippen LogP contribution < -0.4 is 0 Å². The molecule has 4 fully saturated rings. The van der Waals surface area contributed by atoms with E-state index in [9.17, 15) is 10.2 Å². The summed E-state index contributed by atoms with van der Waals surface area (Å²) in [5.41, 5.74) is 3.82. The lowest BCUT2D eigenvalue weighted by atomic mass is 9.43. The summed E-state index contributed by atoms with van der Waals surface area (Å²) in [6.45, 7) is 7.56. The molecular weight excluding hydrogens is 504 g/mol. The number of aryl methyl sites for hydroxylation is 1. The first-order chi connectivity index (χ1) is 19.8. The number of aromatic nitrogens is 2. The highest BCUT2D eigenvalue weighted by molar-refractivity contribution is 5.92. The van der Waals surface area contributed by atoms with Crippen molar-refractivity contribution >= 4 is 10.9 Å². The van der Waals surface area contributed by atoms with Gasteiger partial charge in [-0.3, -0.25) is 0 Å². The van der Waals surface area contributed by atoms with Gasteiger partial charge < -0.3 is 10.2 Å². The van der Waals surface area contributed by atoms with Crippen LogP contribution in [-0.2, 0) is 6.42 Å². The smallest absolute Gasteiger partial charge is 0.129 e. The summed E-state index contributed by atoms with van der Waals surface area (Å²) < 4.78 is 0. The lowest BCUT2D eigenvalue weighted by Gasteiger charge is -2.62. The predicted molar refractivity (Wildman–Crippen MR) is 165 cm³/mol. The third-order valence-corrected chi connectivity index (χ3v) is 12.9. The molecule has 0 aliphatic heterocycles. The monoisotopic (exact) mass is 552 g/mol. The zero-order valence-electron chi connectivity index (χ0n) is 25.2. The molecule has 1 heterocycles. The second kappa shape index (κ2) is 10.5. The SMILES string of the molecule is C[C@H](CCc1nc(-c2ccccc2)c2ccccc2n1)[C@H]1CC[C@H]2[C@H]3C(CC[C@]12C)[C@@]1(C)CC[C@@H](O)C[C@H]1C[C@H]3O. The van der Waals surface area contributed by atoms with Gasteiger partial charge in [0.05, 0.1) is 23.4 Å². The number of aliphatic hydroxyl groups excluding tert-OH is 2. The molecule has 41 heavy (non-hydrogen) atoms. The van der Waals surface area contributed by atoms with Gasteiger partial charge in [0.2, 0.25) is 0 Å². The maximum absolute atomic E-state index is 11.6. The van der Waals surface area contributed by atoms with Crippen molar-refractivity contribution in [3.63, 3.8) is 0 Å². The average molecular weight is 553 g/mol. The Bertz CT molecular complexity index is 1390. The van der Waals surface area contributed by atoms with Crippen LogP contribution in [0.25, 0.3) is 22.2 Å². The zero-order chi connectivity index (χ0) is 28.4. The fraction of sp³-hybridized carbons (Fsp3) is 0.622. The van der Waals surface area contributed by atoms with Gasteiger partial charge in [0, 0.05) is 17.4 Å². The highest BCUT2D eigenvalue weighted by atomic mass is 16.3. The van der Waals surface area contributed by atoms with E-state index < -0.39 is 0 Å². The van der Waals surface area contributed by atoms with Gasteiger partial charge in [-0.15, -0.1) is 0 Å². The highest BCUT2D eigenvalue weighted by Crippen LogP contribution is 2.68. The number of para-hydroxylation sites is 1. The maximum Gasteiger partial charge on any atom is 0.129 e. The van der Waals surface area contributed by atoms with Gasteiger partial charge in [-0.25, -0.2) is 9.97 Å². The number of rotatable bonds is 5. The predicted octanol–water partition coefficient (Wildman–Crippen LogP) is 7.86. The molecule has 4 saturated carbocycles. The van der Waals surface area contributed by atoms with Crippen molar-refractivity contribution in [2.24, 2.45) is 46.3 Å². The fourth-order valence-electron chi connectivity index (χ4n) is 10.8. The number of aliphatic hydroxyl groups is 2. The Morgan fingerprint density at radius 2 is 1.56 bits per heavy atom. The van der Waals surface area contributed by atoms with Crippen LogP contribution in [0.1, 0.15) is 84.4 Å². The summed E-state index contributed by atoms with van der Waals surface area (Å²) >= 11 is 0. The number of nitrogens with zero attached hydrogens (tertiary/aromatic N) is 2. The van der Waals surface area contributed by atoms with Crippen molar-refractivity contribution in [3.8, 4) is 11.3 Å². The summed E-state index contributed by atoms with van der Waals surface area (Å²) in [5, 5.41) is 23.1. The normalized spacial score (nSPS) is 39.1. The highest BCUT2D eigenvalue weighted by Gasteiger charge is 2.62. The van der Waals surface area contributed by atoms with Crippen LogP contribution in [0.15, 0.2) is 54.6 Å². The lowest BCUT2D eigenvalue weighted by molar-refractivity contribution is -0.174. The molecule has 1 aromatic heterocycles. The Morgan fingerprint density at radius 3 is 2.39 bits per heavy atom. The van der Waals surface area contributed by atoms with Crippen molar-refractivity contribution < 1.29 is 10.2 Å². The number of hydrogen-bond donors (Lipinski definition) is 2. The summed E-state index contributed by atoms with van der Waals surface area (Å²) in [7, 11) is 0. The molecule has 4 aliphatic carbocycles. The van der Waals surface area contributed by atoms with Gasteiger partial charge in [0.15, 0.2) is 0 Å². The van der Waals surface area contributed by atoms with E-state index in [1.807, 2.05) is 0 Å². The standard InChI is InChI=1S/C37H48N2O2/c1-23(13-16-33-38-31-12-8-7-11-27(31)35(39-33)24-9-5-4-6-10-24)28-14-15-29-34-30(18-20-37(28,29)3)36(2)19-17-26(40)21-25(36)22-32(34)41/h4-12,23,25-26,28-30,32,34,40-41H,13-22H2,1-3H3/t23-,25+,26-,28-,29+,30?,32-,34+,36+,37-/m1/s1. The van der Waals surface area contributed by atoms with Gasteiger partial charge in [-0.2, -0.15) is 0 Å². The molecule has 0 bridgehead atoms. The third-order valence-electron chi connectivity index (χ3n) is 12.9. The van der Waals surface area contributed by atoms with Gasteiger partial charge in [0.25, 0.3) is 0 Å². The van der Waals surface area contributed by atoms with E-state index in [1.54, 1.807) is 0 Å². The van der Waals surface area contributed by atoms with Gasteiger partial charge in [-0.1, -0.05) is 69.3 Å². The van der Waals surface area contributed by atoms with Gasteiger partial charge >= 0.3 is 0 Å². The first-order valence-electron chi connectivity index (χ1n) is 16.4. The van der Waals surface area contributed by atoms with Crippen LogP contribution in [0.2, 0.25) is 0 Å². The second-order valence-corrected chi connectivity index (χ2v) is 14.8. The Kier molecular flexibility index (Phi) is 7.02. The van der Waals surface area contributed by atoms with Crippen LogP contribution in [0.5, 0.6) is 0 Å². The van der Waals surface area contributed by atoms with Crippen molar-refractivity contribution in [2.75, 3.05) is 0 Å². The van der Waals surface area contributed by atoms with E-state index in [0.29, 0.717) is 40.9 Å². The van der Waals surface area contributed by atoms with Crippen LogP contribution in [-0.4, -0.2) is 32.4 Å². The Morgan fingerprint density at radius 1 is 0.829 bits per heavy atom. The largest absolute Gasteiger partial charge is 0.393 e. The average Bonchev–Trinajstić information content (AvgIpc) is 3.34. The Balaban J connectivity index is 1.09. The molecule has 4 heteroatoms. The van der Waals surface area contributed by atoms with Gasteiger partial charge in [0.1, 0.15) is 5.82 Å².